The first-order valence-electron chi connectivity index (χ1n) is 6.26. The standard InChI is InChI=1S/C12H14ClNO6S/c1-8(2-3-13)21(17,18)12-7-11-10(19-4-5-20-11)6-9(12)14(15)16/h6-8H,2-5H2,1H3. The topological polar surface area (TPSA) is 95.7 Å². The second-order valence-corrected chi connectivity index (χ2v) is 7.27. The lowest BCUT2D eigenvalue weighted by atomic mass is 10.2. The summed E-state index contributed by atoms with van der Waals surface area (Å²) < 4.78 is 35.5. The molecule has 1 aliphatic rings. The summed E-state index contributed by atoms with van der Waals surface area (Å²) in [4.78, 5) is 10.0. The van der Waals surface area contributed by atoms with Gasteiger partial charge in [-0.25, -0.2) is 8.42 Å². The summed E-state index contributed by atoms with van der Waals surface area (Å²) in [7, 11) is -3.87. The van der Waals surface area contributed by atoms with Gasteiger partial charge in [-0.1, -0.05) is 0 Å². The van der Waals surface area contributed by atoms with E-state index in [-0.39, 0.29) is 41.9 Å². The predicted octanol–water partition coefficient (Wildman–Crippen LogP) is 2.16. The van der Waals surface area contributed by atoms with E-state index in [1.165, 1.54) is 6.92 Å². The van der Waals surface area contributed by atoms with Crippen molar-refractivity contribution < 1.29 is 22.8 Å². The molecule has 1 aromatic carbocycles. The molecule has 0 radical (unpaired) electrons. The Kier molecular flexibility index (Phi) is 4.58. The number of alkyl halides is 1. The molecule has 0 aliphatic carbocycles. The van der Waals surface area contributed by atoms with Gasteiger partial charge in [0.15, 0.2) is 21.3 Å². The van der Waals surface area contributed by atoms with Crippen molar-refractivity contribution in [2.45, 2.75) is 23.5 Å². The molecule has 9 heteroatoms. The lowest BCUT2D eigenvalue weighted by Crippen LogP contribution is -2.21. The quantitative estimate of drug-likeness (QED) is 0.465. The average Bonchev–Trinajstić information content (AvgIpc) is 2.46. The minimum Gasteiger partial charge on any atom is -0.486 e. The molecule has 1 unspecified atom stereocenters. The highest BCUT2D eigenvalue weighted by Gasteiger charge is 2.33. The fourth-order valence-corrected chi connectivity index (χ4v) is 3.97. The third kappa shape index (κ3) is 3.06. The van der Waals surface area contributed by atoms with E-state index in [0.717, 1.165) is 12.1 Å². The molecule has 0 amide bonds. The van der Waals surface area contributed by atoms with Gasteiger partial charge in [0.2, 0.25) is 0 Å². The number of nitro groups is 1. The van der Waals surface area contributed by atoms with Crippen molar-refractivity contribution in [1.82, 2.24) is 0 Å². The Morgan fingerprint density at radius 2 is 1.90 bits per heavy atom. The third-order valence-corrected chi connectivity index (χ3v) is 5.63. The number of fused-ring (bicyclic) bond motifs is 1. The number of nitro benzene ring substituents is 1. The van der Waals surface area contributed by atoms with Gasteiger partial charge in [0.05, 0.1) is 16.2 Å². The Balaban J connectivity index is 2.58. The van der Waals surface area contributed by atoms with E-state index < -0.39 is 25.7 Å². The van der Waals surface area contributed by atoms with Crippen LogP contribution in [-0.4, -0.2) is 37.7 Å². The van der Waals surface area contributed by atoms with Crippen LogP contribution in [-0.2, 0) is 9.84 Å². The van der Waals surface area contributed by atoms with Gasteiger partial charge in [-0.15, -0.1) is 11.6 Å². The van der Waals surface area contributed by atoms with Crippen molar-refractivity contribution in [3.05, 3.63) is 22.2 Å². The van der Waals surface area contributed by atoms with E-state index in [1.54, 1.807) is 0 Å². The Morgan fingerprint density at radius 3 is 2.43 bits per heavy atom. The molecule has 2 rings (SSSR count). The molecule has 116 valence electrons. The van der Waals surface area contributed by atoms with E-state index in [2.05, 4.69) is 0 Å². The van der Waals surface area contributed by atoms with E-state index in [1.807, 2.05) is 0 Å². The Bertz CT molecular complexity index is 660. The highest BCUT2D eigenvalue weighted by molar-refractivity contribution is 7.92. The zero-order valence-corrected chi connectivity index (χ0v) is 12.8. The minimum atomic E-state index is -3.87. The minimum absolute atomic E-state index is 0.152. The smallest absolute Gasteiger partial charge is 0.291 e. The van der Waals surface area contributed by atoms with Gasteiger partial charge >= 0.3 is 0 Å². The zero-order chi connectivity index (χ0) is 15.6. The van der Waals surface area contributed by atoms with E-state index >= 15 is 0 Å². The summed E-state index contributed by atoms with van der Waals surface area (Å²) >= 11 is 5.56. The van der Waals surface area contributed by atoms with Crippen LogP contribution in [0.3, 0.4) is 0 Å². The lowest BCUT2D eigenvalue weighted by Gasteiger charge is -2.20. The third-order valence-electron chi connectivity index (χ3n) is 3.17. The molecule has 0 N–H and O–H groups in total. The molecule has 0 saturated carbocycles. The van der Waals surface area contributed by atoms with Crippen molar-refractivity contribution >= 4 is 27.1 Å². The molecule has 1 heterocycles. The maximum atomic E-state index is 12.5. The molecule has 1 atom stereocenters. The van der Waals surface area contributed by atoms with E-state index in [4.69, 9.17) is 21.1 Å². The van der Waals surface area contributed by atoms with Crippen LogP contribution in [0.2, 0.25) is 0 Å². The summed E-state index contributed by atoms with van der Waals surface area (Å²) in [6.07, 6.45) is 0.204. The van der Waals surface area contributed by atoms with Gasteiger partial charge in [-0.2, -0.15) is 0 Å². The van der Waals surface area contributed by atoms with E-state index in [0.29, 0.717) is 0 Å². The highest BCUT2D eigenvalue weighted by atomic mass is 35.5. The summed E-state index contributed by atoms with van der Waals surface area (Å²) in [6, 6.07) is 2.25. The Labute approximate surface area is 126 Å². The number of sulfone groups is 1. The Hall–Kier alpha value is -1.54. The number of hydrogen-bond donors (Lipinski definition) is 0. The first-order chi connectivity index (χ1) is 9.87. The van der Waals surface area contributed by atoms with Crippen LogP contribution in [0.15, 0.2) is 17.0 Å². The number of hydrogen-bond acceptors (Lipinski definition) is 6. The van der Waals surface area contributed by atoms with Gasteiger partial charge in [0.1, 0.15) is 18.1 Å². The fraction of sp³-hybridized carbons (Fsp3) is 0.500. The fourth-order valence-electron chi connectivity index (χ4n) is 1.96. The van der Waals surface area contributed by atoms with Crippen molar-refractivity contribution in [1.29, 1.82) is 0 Å². The normalized spacial score (nSPS) is 15.5. The molecule has 7 nitrogen and oxygen atoms in total. The lowest BCUT2D eigenvalue weighted by molar-refractivity contribution is -0.388. The number of nitrogens with zero attached hydrogens (tertiary/aromatic N) is 1. The first kappa shape index (κ1) is 15.8. The molecule has 0 spiro atoms. The van der Waals surface area contributed by atoms with Crippen molar-refractivity contribution in [3.8, 4) is 11.5 Å². The van der Waals surface area contributed by atoms with Crippen LogP contribution in [0.25, 0.3) is 0 Å². The van der Waals surface area contributed by atoms with Crippen molar-refractivity contribution in [3.63, 3.8) is 0 Å². The summed E-state index contributed by atoms with van der Waals surface area (Å²) in [6.45, 7) is 2.00. The van der Waals surface area contributed by atoms with Gasteiger partial charge in [0, 0.05) is 11.9 Å². The van der Waals surface area contributed by atoms with Crippen molar-refractivity contribution in [2.24, 2.45) is 0 Å². The molecule has 0 bridgehead atoms. The molecule has 1 aromatic rings. The van der Waals surface area contributed by atoms with Gasteiger partial charge in [-0.3, -0.25) is 10.1 Å². The molecule has 0 aromatic heterocycles. The molecule has 0 saturated heterocycles. The van der Waals surface area contributed by atoms with Crippen LogP contribution < -0.4 is 9.47 Å². The zero-order valence-electron chi connectivity index (χ0n) is 11.2. The Morgan fingerprint density at radius 1 is 1.33 bits per heavy atom. The first-order valence-corrected chi connectivity index (χ1v) is 8.34. The summed E-state index contributed by atoms with van der Waals surface area (Å²) in [5, 5.41) is 10.3. The number of benzene rings is 1. The van der Waals surface area contributed by atoms with Gasteiger partial charge in [0.25, 0.3) is 5.69 Å². The van der Waals surface area contributed by atoms with Crippen LogP contribution >= 0.6 is 11.6 Å². The van der Waals surface area contributed by atoms with Gasteiger partial charge < -0.3 is 9.47 Å². The monoisotopic (exact) mass is 335 g/mol. The van der Waals surface area contributed by atoms with Crippen molar-refractivity contribution in [2.75, 3.05) is 19.1 Å². The SMILES string of the molecule is CC(CCCl)S(=O)(=O)c1cc2c(cc1[N+](=O)[O-])OCCO2. The second-order valence-electron chi connectivity index (χ2n) is 4.55. The molecular weight excluding hydrogens is 322 g/mol. The highest BCUT2D eigenvalue weighted by Crippen LogP contribution is 2.39. The molecule has 21 heavy (non-hydrogen) atoms. The maximum Gasteiger partial charge on any atom is 0.291 e. The average molecular weight is 336 g/mol. The summed E-state index contributed by atoms with van der Waals surface area (Å²) in [5.74, 6) is 0.527. The van der Waals surface area contributed by atoms with Crippen LogP contribution in [0.4, 0.5) is 5.69 Å². The number of ether oxygens (including phenoxy) is 2. The van der Waals surface area contributed by atoms with Gasteiger partial charge in [-0.05, 0) is 13.3 Å². The number of halogens is 1. The maximum absolute atomic E-state index is 12.5. The van der Waals surface area contributed by atoms with Crippen LogP contribution in [0, 0.1) is 10.1 Å². The molecule has 1 aliphatic heterocycles. The van der Waals surface area contributed by atoms with Crippen LogP contribution in [0.5, 0.6) is 11.5 Å². The number of rotatable bonds is 5. The van der Waals surface area contributed by atoms with Crippen LogP contribution in [0.1, 0.15) is 13.3 Å². The largest absolute Gasteiger partial charge is 0.486 e. The molecular formula is C12H14ClNO6S. The second kappa shape index (κ2) is 6.07. The predicted molar refractivity (Wildman–Crippen MR) is 76.1 cm³/mol. The van der Waals surface area contributed by atoms with E-state index in [9.17, 15) is 18.5 Å². The molecule has 0 fully saturated rings. The summed E-state index contributed by atoms with van der Waals surface area (Å²) in [5.41, 5.74) is -0.513.